The molecule has 15 heavy (non-hydrogen) atoms. The van der Waals surface area contributed by atoms with Crippen LogP contribution in [0.5, 0.6) is 0 Å². The van der Waals surface area contributed by atoms with Gasteiger partial charge in [-0.15, -0.1) is 0 Å². The Labute approximate surface area is 93.8 Å². The molecule has 0 atom stereocenters. The second-order valence-corrected chi connectivity index (χ2v) is 4.05. The lowest BCUT2D eigenvalue weighted by atomic mass is 10.2. The molecule has 0 spiro atoms. The van der Waals surface area contributed by atoms with E-state index in [4.69, 9.17) is 17.3 Å². The van der Waals surface area contributed by atoms with Crippen LogP contribution in [0.2, 0.25) is 5.02 Å². The van der Waals surface area contributed by atoms with Gasteiger partial charge in [-0.1, -0.05) is 11.6 Å². The molecule has 0 unspecified atom stereocenters. The Balaban J connectivity index is 2.44. The summed E-state index contributed by atoms with van der Waals surface area (Å²) in [6, 6.07) is 5.80. The van der Waals surface area contributed by atoms with Crippen molar-refractivity contribution in [3.63, 3.8) is 0 Å². The Morgan fingerprint density at radius 3 is 3.00 bits per heavy atom. The molecule has 0 aliphatic carbocycles. The molecular weight excluding hydrogens is 210 g/mol. The van der Waals surface area contributed by atoms with Crippen molar-refractivity contribution in [3.05, 3.63) is 28.9 Å². The zero-order valence-corrected chi connectivity index (χ0v) is 9.46. The minimum absolute atomic E-state index is 0.691. The number of halogens is 1. The van der Waals surface area contributed by atoms with Crippen molar-refractivity contribution in [2.75, 3.05) is 6.54 Å². The lowest BCUT2D eigenvalue weighted by molar-refractivity contribution is 0.576. The Hall–Kier alpha value is -1.06. The summed E-state index contributed by atoms with van der Waals surface area (Å²) in [6.45, 7) is 3.63. The first kappa shape index (κ1) is 10.5. The van der Waals surface area contributed by atoms with E-state index in [1.54, 1.807) is 0 Å². The van der Waals surface area contributed by atoms with Crippen LogP contribution in [0.4, 0.5) is 0 Å². The van der Waals surface area contributed by atoms with Crippen LogP contribution in [0.15, 0.2) is 18.2 Å². The molecule has 3 nitrogen and oxygen atoms in total. The second-order valence-electron chi connectivity index (χ2n) is 3.61. The molecule has 1 aromatic heterocycles. The van der Waals surface area contributed by atoms with E-state index in [0.29, 0.717) is 6.54 Å². The van der Waals surface area contributed by atoms with E-state index in [-0.39, 0.29) is 0 Å². The maximum atomic E-state index is 5.92. The number of aryl methyl sites for hydroxylation is 2. The molecule has 1 aromatic carbocycles. The van der Waals surface area contributed by atoms with E-state index in [0.717, 1.165) is 28.9 Å². The number of nitrogens with two attached hydrogens (primary N) is 1. The van der Waals surface area contributed by atoms with Crippen molar-refractivity contribution >= 4 is 22.5 Å². The summed E-state index contributed by atoms with van der Waals surface area (Å²) >= 11 is 5.92. The van der Waals surface area contributed by atoms with E-state index in [9.17, 15) is 0 Å². The number of aromatic nitrogens is 2. The van der Waals surface area contributed by atoms with Crippen LogP contribution in [-0.2, 0) is 6.54 Å². The van der Waals surface area contributed by atoms with Gasteiger partial charge < -0.3 is 5.73 Å². The van der Waals surface area contributed by atoms with Gasteiger partial charge in [-0.3, -0.25) is 4.68 Å². The van der Waals surface area contributed by atoms with Crippen LogP contribution in [0.3, 0.4) is 0 Å². The number of hydrogen-bond donors (Lipinski definition) is 1. The largest absolute Gasteiger partial charge is 0.330 e. The number of fused-ring (bicyclic) bond motifs is 1. The molecule has 2 rings (SSSR count). The van der Waals surface area contributed by atoms with Crippen LogP contribution in [-0.4, -0.2) is 16.3 Å². The number of hydrogen-bond acceptors (Lipinski definition) is 2. The minimum atomic E-state index is 0.691. The predicted octanol–water partition coefficient (Wildman–Crippen LogP) is 2.35. The highest BCUT2D eigenvalue weighted by Crippen LogP contribution is 2.21. The van der Waals surface area contributed by atoms with Gasteiger partial charge in [0.2, 0.25) is 0 Å². The topological polar surface area (TPSA) is 43.8 Å². The Morgan fingerprint density at radius 2 is 2.27 bits per heavy atom. The van der Waals surface area contributed by atoms with E-state index in [1.165, 1.54) is 5.69 Å². The average Bonchev–Trinajstić information content (AvgIpc) is 2.52. The summed E-state index contributed by atoms with van der Waals surface area (Å²) in [5.74, 6) is 0. The highest BCUT2D eigenvalue weighted by Gasteiger charge is 2.06. The molecule has 2 aromatic rings. The summed E-state index contributed by atoms with van der Waals surface area (Å²) in [6.07, 6.45) is 0.947. The highest BCUT2D eigenvalue weighted by molar-refractivity contribution is 6.31. The SMILES string of the molecule is Cc1c2ccc(Cl)cc2nn1CCCN. The van der Waals surface area contributed by atoms with Gasteiger partial charge in [0, 0.05) is 22.6 Å². The normalized spacial score (nSPS) is 11.1. The predicted molar refractivity (Wildman–Crippen MR) is 63.2 cm³/mol. The smallest absolute Gasteiger partial charge is 0.0940 e. The molecular formula is C11H14ClN3. The van der Waals surface area contributed by atoms with Crippen LogP contribution in [0, 0.1) is 6.92 Å². The van der Waals surface area contributed by atoms with Crippen LogP contribution < -0.4 is 5.73 Å². The summed E-state index contributed by atoms with van der Waals surface area (Å²) in [7, 11) is 0. The van der Waals surface area contributed by atoms with Crippen LogP contribution in [0.1, 0.15) is 12.1 Å². The second kappa shape index (κ2) is 4.21. The summed E-state index contributed by atoms with van der Waals surface area (Å²) in [4.78, 5) is 0. The molecule has 0 bridgehead atoms. The summed E-state index contributed by atoms with van der Waals surface area (Å²) < 4.78 is 1.99. The van der Waals surface area contributed by atoms with Crippen molar-refractivity contribution in [1.82, 2.24) is 9.78 Å². The fourth-order valence-electron chi connectivity index (χ4n) is 1.70. The number of rotatable bonds is 3. The van der Waals surface area contributed by atoms with Crippen molar-refractivity contribution in [2.45, 2.75) is 19.9 Å². The molecule has 0 saturated heterocycles. The molecule has 0 fully saturated rings. The van der Waals surface area contributed by atoms with Crippen molar-refractivity contribution < 1.29 is 0 Å². The van der Waals surface area contributed by atoms with Gasteiger partial charge in [0.1, 0.15) is 0 Å². The van der Waals surface area contributed by atoms with Gasteiger partial charge in [0.15, 0.2) is 0 Å². The maximum Gasteiger partial charge on any atom is 0.0940 e. The first-order valence-electron chi connectivity index (χ1n) is 5.05. The molecule has 0 amide bonds. The first-order valence-corrected chi connectivity index (χ1v) is 5.43. The monoisotopic (exact) mass is 223 g/mol. The zero-order chi connectivity index (χ0) is 10.8. The average molecular weight is 224 g/mol. The molecule has 2 N–H and O–H groups in total. The lowest BCUT2D eigenvalue weighted by Gasteiger charge is -2.01. The zero-order valence-electron chi connectivity index (χ0n) is 8.70. The minimum Gasteiger partial charge on any atom is -0.330 e. The number of benzene rings is 1. The van der Waals surface area contributed by atoms with Gasteiger partial charge in [-0.25, -0.2) is 0 Å². The Bertz CT molecular complexity index is 476. The standard InChI is InChI=1S/C11H14ClN3/c1-8-10-4-3-9(12)7-11(10)14-15(8)6-2-5-13/h3-4,7H,2,5-6,13H2,1H3. The quantitative estimate of drug-likeness (QED) is 0.868. The Morgan fingerprint density at radius 1 is 1.47 bits per heavy atom. The fourth-order valence-corrected chi connectivity index (χ4v) is 1.86. The van der Waals surface area contributed by atoms with E-state index < -0.39 is 0 Å². The van der Waals surface area contributed by atoms with E-state index >= 15 is 0 Å². The molecule has 1 heterocycles. The molecule has 0 saturated carbocycles. The molecule has 0 aliphatic rings. The molecule has 80 valence electrons. The van der Waals surface area contributed by atoms with Gasteiger partial charge in [-0.2, -0.15) is 5.10 Å². The third-order valence-electron chi connectivity index (χ3n) is 2.54. The van der Waals surface area contributed by atoms with Crippen molar-refractivity contribution in [2.24, 2.45) is 5.73 Å². The van der Waals surface area contributed by atoms with Crippen LogP contribution >= 0.6 is 11.6 Å². The van der Waals surface area contributed by atoms with Gasteiger partial charge in [-0.05, 0) is 38.1 Å². The maximum absolute atomic E-state index is 5.92. The number of nitrogens with zero attached hydrogens (tertiary/aromatic N) is 2. The Kier molecular flexibility index (Phi) is 2.93. The van der Waals surface area contributed by atoms with Gasteiger partial charge in [0.25, 0.3) is 0 Å². The van der Waals surface area contributed by atoms with E-state index in [1.807, 2.05) is 22.9 Å². The van der Waals surface area contributed by atoms with Gasteiger partial charge in [0.05, 0.1) is 5.52 Å². The third kappa shape index (κ3) is 1.98. The molecule has 0 radical (unpaired) electrons. The van der Waals surface area contributed by atoms with Crippen LogP contribution in [0.25, 0.3) is 10.9 Å². The third-order valence-corrected chi connectivity index (χ3v) is 2.77. The molecule has 0 aliphatic heterocycles. The lowest BCUT2D eigenvalue weighted by Crippen LogP contribution is -2.07. The van der Waals surface area contributed by atoms with Gasteiger partial charge >= 0.3 is 0 Å². The summed E-state index contributed by atoms with van der Waals surface area (Å²) in [5, 5.41) is 6.38. The highest BCUT2D eigenvalue weighted by atomic mass is 35.5. The fraction of sp³-hybridized carbons (Fsp3) is 0.364. The molecule has 4 heteroatoms. The van der Waals surface area contributed by atoms with Crippen molar-refractivity contribution in [1.29, 1.82) is 0 Å². The van der Waals surface area contributed by atoms with Crippen molar-refractivity contribution in [3.8, 4) is 0 Å². The van der Waals surface area contributed by atoms with E-state index in [2.05, 4.69) is 12.0 Å². The summed E-state index contributed by atoms with van der Waals surface area (Å²) in [5.41, 5.74) is 7.61. The first-order chi connectivity index (χ1) is 7.22.